The fourth-order valence-electron chi connectivity index (χ4n) is 1.82. The summed E-state index contributed by atoms with van der Waals surface area (Å²) in [5.74, 6) is 6.67. The van der Waals surface area contributed by atoms with E-state index < -0.39 is 0 Å². The van der Waals surface area contributed by atoms with E-state index in [-0.39, 0.29) is 0 Å². The Balaban J connectivity index is 1.96. The van der Waals surface area contributed by atoms with Crippen LogP contribution in [0.2, 0.25) is 0 Å². The summed E-state index contributed by atoms with van der Waals surface area (Å²) in [4.78, 5) is 12.5. The zero-order chi connectivity index (χ0) is 13.9. The fourth-order valence-corrected chi connectivity index (χ4v) is 1.82. The van der Waals surface area contributed by atoms with Gasteiger partial charge in [-0.15, -0.1) is 0 Å². The zero-order valence-corrected chi connectivity index (χ0v) is 10.9. The van der Waals surface area contributed by atoms with E-state index in [1.807, 2.05) is 37.3 Å². The Bertz CT molecular complexity index is 759. The van der Waals surface area contributed by atoms with Crippen LogP contribution in [0.1, 0.15) is 5.56 Å². The maximum Gasteiger partial charge on any atom is 0.240 e. The number of aromatic nitrogens is 3. The van der Waals surface area contributed by atoms with E-state index in [0.29, 0.717) is 17.6 Å². The molecule has 0 atom stereocenters. The van der Waals surface area contributed by atoms with Gasteiger partial charge in [-0.1, -0.05) is 18.2 Å². The van der Waals surface area contributed by atoms with Crippen LogP contribution in [-0.4, -0.2) is 15.0 Å². The summed E-state index contributed by atoms with van der Waals surface area (Å²) in [5, 5.41) is 1.01. The lowest BCUT2D eigenvalue weighted by atomic mass is 10.2. The van der Waals surface area contributed by atoms with Crippen molar-refractivity contribution in [1.82, 2.24) is 15.0 Å². The normalized spacial score (nSPS) is 10.5. The van der Waals surface area contributed by atoms with E-state index in [4.69, 9.17) is 10.6 Å². The molecule has 3 rings (SSSR count). The molecule has 2 aromatic heterocycles. The minimum Gasteiger partial charge on any atom is -0.437 e. The Morgan fingerprint density at radius 3 is 2.85 bits per heavy atom. The van der Waals surface area contributed by atoms with Gasteiger partial charge in [-0.05, 0) is 19.1 Å². The van der Waals surface area contributed by atoms with Gasteiger partial charge in [0.05, 0.1) is 11.7 Å². The summed E-state index contributed by atoms with van der Waals surface area (Å²) in [5.41, 5.74) is 4.13. The third-order valence-electron chi connectivity index (χ3n) is 2.83. The summed E-state index contributed by atoms with van der Waals surface area (Å²) in [6.07, 6.45) is 3.31. The molecule has 3 N–H and O–H groups in total. The van der Waals surface area contributed by atoms with Gasteiger partial charge in [0.25, 0.3) is 0 Å². The van der Waals surface area contributed by atoms with Gasteiger partial charge in [-0.2, -0.15) is 4.98 Å². The fraction of sp³-hybridized carbons (Fsp3) is 0.0714. The summed E-state index contributed by atoms with van der Waals surface area (Å²) in [6.45, 7) is 1.87. The molecule has 6 nitrogen and oxygen atoms in total. The van der Waals surface area contributed by atoms with Gasteiger partial charge in [0.1, 0.15) is 5.75 Å². The average Bonchev–Trinajstić information content (AvgIpc) is 2.49. The number of ether oxygens (including phenoxy) is 1. The van der Waals surface area contributed by atoms with Crippen molar-refractivity contribution in [2.24, 2.45) is 5.84 Å². The summed E-state index contributed by atoms with van der Waals surface area (Å²) in [7, 11) is 0. The molecule has 0 radical (unpaired) electrons. The van der Waals surface area contributed by atoms with Crippen LogP contribution in [0.4, 0.5) is 5.95 Å². The molecule has 100 valence electrons. The molecule has 0 aliphatic carbocycles. The second kappa shape index (κ2) is 5.10. The molecule has 20 heavy (non-hydrogen) atoms. The summed E-state index contributed by atoms with van der Waals surface area (Å²) in [6, 6.07) is 9.75. The average molecular weight is 267 g/mol. The predicted octanol–water partition coefficient (Wildman–Crippen LogP) is 2.41. The van der Waals surface area contributed by atoms with Crippen LogP contribution in [0.5, 0.6) is 11.6 Å². The van der Waals surface area contributed by atoms with E-state index in [0.717, 1.165) is 16.5 Å². The molecule has 0 spiro atoms. The van der Waals surface area contributed by atoms with E-state index >= 15 is 0 Å². The van der Waals surface area contributed by atoms with Gasteiger partial charge in [-0.25, -0.2) is 10.8 Å². The number of nitrogens with one attached hydrogen (secondary N) is 1. The number of anilines is 1. The number of hydrazine groups is 1. The zero-order valence-electron chi connectivity index (χ0n) is 10.9. The first-order chi connectivity index (χ1) is 9.76. The standard InChI is InChI=1S/C14H13N5O/c1-9-7-17-14(19-15)18-13(9)20-11-6-10-4-2-3-5-12(10)16-8-11/h2-8H,15H2,1H3,(H,17,18,19). The molecule has 0 aliphatic heterocycles. The number of rotatable bonds is 3. The molecule has 0 saturated carbocycles. The molecule has 6 heteroatoms. The monoisotopic (exact) mass is 267 g/mol. The molecular weight excluding hydrogens is 254 g/mol. The van der Waals surface area contributed by atoms with Crippen molar-refractivity contribution >= 4 is 16.9 Å². The summed E-state index contributed by atoms with van der Waals surface area (Å²) >= 11 is 0. The smallest absolute Gasteiger partial charge is 0.240 e. The number of nitrogens with two attached hydrogens (primary N) is 1. The summed E-state index contributed by atoms with van der Waals surface area (Å²) < 4.78 is 5.75. The van der Waals surface area contributed by atoms with Crippen LogP contribution < -0.4 is 16.0 Å². The third kappa shape index (κ3) is 2.36. The Kier molecular flexibility index (Phi) is 3.14. The number of fused-ring (bicyclic) bond motifs is 1. The molecule has 0 aliphatic rings. The van der Waals surface area contributed by atoms with Gasteiger partial charge in [-0.3, -0.25) is 10.4 Å². The van der Waals surface area contributed by atoms with Gasteiger partial charge in [0, 0.05) is 17.1 Å². The lowest BCUT2D eigenvalue weighted by Gasteiger charge is -2.08. The molecule has 2 heterocycles. The van der Waals surface area contributed by atoms with E-state index in [1.165, 1.54) is 0 Å². The lowest BCUT2D eigenvalue weighted by molar-refractivity contribution is 0.457. The van der Waals surface area contributed by atoms with Gasteiger partial charge >= 0.3 is 0 Å². The topological polar surface area (TPSA) is 86.0 Å². The van der Waals surface area contributed by atoms with Crippen molar-refractivity contribution in [3.63, 3.8) is 0 Å². The number of aryl methyl sites for hydroxylation is 1. The largest absolute Gasteiger partial charge is 0.437 e. The van der Waals surface area contributed by atoms with Crippen molar-refractivity contribution in [2.75, 3.05) is 5.43 Å². The first-order valence-electron chi connectivity index (χ1n) is 6.09. The molecule has 1 aromatic carbocycles. The van der Waals surface area contributed by atoms with Gasteiger partial charge in [0.2, 0.25) is 11.8 Å². The highest BCUT2D eigenvalue weighted by Gasteiger charge is 2.07. The van der Waals surface area contributed by atoms with Crippen molar-refractivity contribution < 1.29 is 4.74 Å². The highest BCUT2D eigenvalue weighted by molar-refractivity contribution is 5.79. The highest BCUT2D eigenvalue weighted by atomic mass is 16.5. The maximum absolute atomic E-state index is 5.75. The first kappa shape index (κ1) is 12.3. The highest BCUT2D eigenvalue weighted by Crippen LogP contribution is 2.25. The van der Waals surface area contributed by atoms with E-state index in [9.17, 15) is 0 Å². The number of nitrogen functional groups attached to an aromatic ring is 1. The molecular formula is C14H13N5O. The minimum absolute atomic E-state index is 0.305. The number of pyridine rings is 1. The van der Waals surface area contributed by atoms with E-state index in [1.54, 1.807) is 12.4 Å². The third-order valence-corrected chi connectivity index (χ3v) is 2.83. The van der Waals surface area contributed by atoms with Crippen molar-refractivity contribution in [3.05, 3.63) is 48.3 Å². The van der Waals surface area contributed by atoms with Crippen LogP contribution in [0.25, 0.3) is 10.9 Å². The predicted molar refractivity (Wildman–Crippen MR) is 76.4 cm³/mol. The Labute approximate surface area is 115 Å². The maximum atomic E-state index is 5.75. The van der Waals surface area contributed by atoms with Gasteiger partial charge < -0.3 is 4.74 Å². The number of para-hydroxylation sites is 1. The Hall–Kier alpha value is -2.73. The number of hydrogen-bond acceptors (Lipinski definition) is 6. The minimum atomic E-state index is 0.305. The molecule has 0 unspecified atom stereocenters. The Morgan fingerprint density at radius 2 is 2.00 bits per heavy atom. The second-order valence-electron chi connectivity index (χ2n) is 4.29. The van der Waals surface area contributed by atoms with Crippen molar-refractivity contribution in [3.8, 4) is 11.6 Å². The van der Waals surface area contributed by atoms with Crippen LogP contribution in [0.3, 0.4) is 0 Å². The van der Waals surface area contributed by atoms with Gasteiger partial charge in [0.15, 0.2) is 0 Å². The molecule has 0 bridgehead atoms. The number of nitrogens with zero attached hydrogens (tertiary/aromatic N) is 3. The molecule has 0 amide bonds. The quantitative estimate of drug-likeness (QED) is 0.560. The first-order valence-corrected chi connectivity index (χ1v) is 6.09. The van der Waals surface area contributed by atoms with Crippen LogP contribution in [0, 0.1) is 6.92 Å². The van der Waals surface area contributed by atoms with E-state index in [2.05, 4.69) is 20.4 Å². The second-order valence-corrected chi connectivity index (χ2v) is 4.29. The van der Waals surface area contributed by atoms with Crippen LogP contribution in [-0.2, 0) is 0 Å². The number of benzene rings is 1. The lowest BCUT2D eigenvalue weighted by Crippen LogP contribution is -2.11. The van der Waals surface area contributed by atoms with Crippen LogP contribution >= 0.6 is 0 Å². The Morgan fingerprint density at radius 1 is 1.15 bits per heavy atom. The molecule has 3 aromatic rings. The van der Waals surface area contributed by atoms with Crippen molar-refractivity contribution in [1.29, 1.82) is 0 Å². The molecule has 0 saturated heterocycles. The number of hydrogen-bond donors (Lipinski definition) is 2. The van der Waals surface area contributed by atoms with Crippen LogP contribution in [0.15, 0.2) is 42.7 Å². The van der Waals surface area contributed by atoms with Crippen molar-refractivity contribution in [2.45, 2.75) is 6.92 Å². The SMILES string of the molecule is Cc1cnc(NN)nc1Oc1cnc2ccccc2c1. The molecule has 0 fully saturated rings.